The highest BCUT2D eigenvalue weighted by Gasteiger charge is 2.50. The van der Waals surface area contributed by atoms with E-state index in [1.54, 1.807) is 6.20 Å². The second-order valence-corrected chi connectivity index (χ2v) is 9.57. The predicted molar refractivity (Wildman–Crippen MR) is 101 cm³/mol. The van der Waals surface area contributed by atoms with Crippen LogP contribution in [0, 0.1) is 23.2 Å². The zero-order chi connectivity index (χ0) is 17.7. The van der Waals surface area contributed by atoms with E-state index in [9.17, 15) is 4.79 Å². The molecule has 1 saturated heterocycles. The van der Waals surface area contributed by atoms with Gasteiger partial charge in [-0.2, -0.15) is 0 Å². The molecule has 0 spiro atoms. The topological polar surface area (TPSA) is 58.1 Å². The number of carbonyl (C=O) groups excluding carboxylic acids is 1. The summed E-state index contributed by atoms with van der Waals surface area (Å²) in [4.78, 5) is 23.8. The fourth-order valence-electron chi connectivity index (χ4n) is 6.44. The quantitative estimate of drug-likeness (QED) is 0.873. The Morgan fingerprint density at radius 3 is 2.38 bits per heavy atom. The van der Waals surface area contributed by atoms with Crippen molar-refractivity contribution in [2.75, 3.05) is 24.5 Å². The summed E-state index contributed by atoms with van der Waals surface area (Å²) in [6, 6.07) is 0. The van der Waals surface area contributed by atoms with Crippen LogP contribution in [0.1, 0.15) is 61.9 Å². The summed E-state index contributed by atoms with van der Waals surface area (Å²) in [7, 11) is 0. The molecule has 26 heavy (non-hydrogen) atoms. The first-order chi connectivity index (χ1) is 12.6. The van der Waals surface area contributed by atoms with Crippen LogP contribution in [-0.2, 0) is 0 Å². The maximum atomic E-state index is 12.8. The van der Waals surface area contributed by atoms with Crippen molar-refractivity contribution in [3.05, 3.63) is 16.9 Å². The third kappa shape index (κ3) is 2.98. The molecule has 5 aliphatic rings. The number of nitrogens with zero attached hydrogens (tertiary/aromatic N) is 3. The summed E-state index contributed by atoms with van der Waals surface area (Å²) in [5.41, 5.74) is 0.648. The number of hydrogen-bond donors (Lipinski definition) is 1. The van der Waals surface area contributed by atoms with Crippen LogP contribution in [0.4, 0.5) is 5.95 Å². The highest BCUT2D eigenvalue weighted by atomic mass is 35.5. The van der Waals surface area contributed by atoms with E-state index in [2.05, 4.69) is 20.2 Å². The molecule has 5 nitrogen and oxygen atoms in total. The minimum absolute atomic E-state index is 0.145. The lowest BCUT2D eigenvalue weighted by atomic mass is 9.49. The van der Waals surface area contributed by atoms with E-state index >= 15 is 0 Å². The number of rotatable bonds is 4. The fraction of sp³-hybridized carbons (Fsp3) is 0.750. The van der Waals surface area contributed by atoms with Gasteiger partial charge in [0.05, 0.1) is 11.2 Å². The highest BCUT2D eigenvalue weighted by molar-refractivity contribution is 6.33. The first-order valence-corrected chi connectivity index (χ1v) is 10.5. The average Bonchev–Trinajstić information content (AvgIpc) is 3.14. The van der Waals surface area contributed by atoms with Crippen molar-refractivity contribution < 1.29 is 4.79 Å². The van der Waals surface area contributed by atoms with E-state index < -0.39 is 0 Å². The van der Waals surface area contributed by atoms with Gasteiger partial charge in [0.2, 0.25) is 5.95 Å². The van der Waals surface area contributed by atoms with Gasteiger partial charge in [-0.15, -0.1) is 0 Å². The summed E-state index contributed by atoms with van der Waals surface area (Å²) in [6.45, 7) is 2.68. The van der Waals surface area contributed by atoms with Crippen molar-refractivity contribution in [1.82, 2.24) is 15.3 Å². The maximum absolute atomic E-state index is 12.8. The molecule has 1 aromatic rings. The van der Waals surface area contributed by atoms with Crippen LogP contribution in [0.2, 0.25) is 5.02 Å². The molecule has 1 aliphatic heterocycles. The Morgan fingerprint density at radius 1 is 1.15 bits per heavy atom. The molecule has 1 aromatic heterocycles. The molecule has 5 fully saturated rings. The van der Waals surface area contributed by atoms with E-state index in [4.69, 9.17) is 11.6 Å². The van der Waals surface area contributed by atoms with Crippen LogP contribution >= 0.6 is 11.6 Å². The smallest absolute Gasteiger partial charge is 0.271 e. The van der Waals surface area contributed by atoms with Crippen molar-refractivity contribution in [1.29, 1.82) is 0 Å². The van der Waals surface area contributed by atoms with Gasteiger partial charge < -0.3 is 10.2 Å². The Balaban J connectivity index is 1.29. The molecule has 0 radical (unpaired) electrons. The molecular weight excluding hydrogens is 348 g/mol. The molecule has 1 N–H and O–H groups in total. The highest BCUT2D eigenvalue weighted by Crippen LogP contribution is 2.59. The Kier molecular flexibility index (Phi) is 4.11. The zero-order valence-electron chi connectivity index (χ0n) is 15.2. The number of nitrogens with one attached hydrogen (secondary N) is 1. The molecule has 4 saturated carbocycles. The van der Waals surface area contributed by atoms with Crippen molar-refractivity contribution in [2.45, 2.75) is 51.4 Å². The number of carbonyl (C=O) groups is 1. The number of hydrogen-bond acceptors (Lipinski definition) is 4. The van der Waals surface area contributed by atoms with Crippen molar-refractivity contribution in [3.8, 4) is 0 Å². The minimum Gasteiger partial charge on any atom is -0.350 e. The van der Waals surface area contributed by atoms with Crippen LogP contribution in [0.3, 0.4) is 0 Å². The number of aromatic nitrogens is 2. The first kappa shape index (κ1) is 16.8. The van der Waals surface area contributed by atoms with Crippen molar-refractivity contribution >= 4 is 23.5 Å². The first-order valence-electron chi connectivity index (χ1n) is 10.2. The Labute approximate surface area is 159 Å². The van der Waals surface area contributed by atoms with Gasteiger partial charge in [0.25, 0.3) is 5.91 Å². The lowest BCUT2D eigenvalue weighted by Gasteiger charge is -2.56. The Bertz CT molecular complexity index is 680. The van der Waals surface area contributed by atoms with Gasteiger partial charge in [0.15, 0.2) is 5.69 Å². The van der Waals surface area contributed by atoms with Crippen LogP contribution in [0.5, 0.6) is 0 Å². The van der Waals surface area contributed by atoms with Crippen LogP contribution < -0.4 is 10.2 Å². The molecule has 1 amide bonds. The fourth-order valence-corrected chi connectivity index (χ4v) is 6.62. The monoisotopic (exact) mass is 374 g/mol. The van der Waals surface area contributed by atoms with Crippen LogP contribution in [-0.4, -0.2) is 35.5 Å². The van der Waals surface area contributed by atoms with Crippen molar-refractivity contribution in [3.63, 3.8) is 0 Å². The van der Waals surface area contributed by atoms with Crippen LogP contribution in [0.25, 0.3) is 0 Å². The van der Waals surface area contributed by atoms with Gasteiger partial charge in [-0.1, -0.05) is 11.6 Å². The molecule has 0 aromatic carbocycles. The molecule has 6 rings (SSSR count). The van der Waals surface area contributed by atoms with Gasteiger partial charge in [-0.25, -0.2) is 9.97 Å². The predicted octanol–water partition coefficient (Wildman–Crippen LogP) is 3.68. The second kappa shape index (κ2) is 6.36. The van der Waals surface area contributed by atoms with Crippen molar-refractivity contribution in [2.24, 2.45) is 23.2 Å². The van der Waals surface area contributed by atoms with Crippen LogP contribution in [0.15, 0.2) is 6.20 Å². The Morgan fingerprint density at radius 2 is 1.77 bits per heavy atom. The molecule has 0 unspecified atom stereocenters. The molecule has 6 heteroatoms. The minimum atomic E-state index is -0.145. The summed E-state index contributed by atoms with van der Waals surface area (Å²) < 4.78 is 0. The third-order valence-corrected chi connectivity index (χ3v) is 7.40. The van der Waals surface area contributed by atoms with E-state index in [1.807, 2.05) is 0 Å². The summed E-state index contributed by atoms with van der Waals surface area (Å²) in [6.07, 6.45) is 12.0. The van der Waals surface area contributed by atoms with Gasteiger partial charge in [-0.3, -0.25) is 4.79 Å². The van der Waals surface area contributed by atoms with Gasteiger partial charge in [0.1, 0.15) is 0 Å². The molecule has 2 heterocycles. The summed E-state index contributed by atoms with van der Waals surface area (Å²) in [5.74, 6) is 3.16. The second-order valence-electron chi connectivity index (χ2n) is 9.16. The summed E-state index contributed by atoms with van der Waals surface area (Å²) >= 11 is 6.25. The number of amides is 1. The van der Waals surface area contributed by atoms with E-state index in [0.29, 0.717) is 22.1 Å². The summed E-state index contributed by atoms with van der Waals surface area (Å²) in [5, 5.41) is 3.53. The SMILES string of the molecule is O=C(NCC12CC3CC(CC(C3)C1)C2)c1nc(N2CCCC2)ncc1Cl. The molecule has 0 atom stereocenters. The van der Waals surface area contributed by atoms with E-state index in [1.165, 1.54) is 38.5 Å². The molecule has 4 aliphatic carbocycles. The van der Waals surface area contributed by atoms with E-state index in [-0.39, 0.29) is 5.91 Å². The normalized spacial score (nSPS) is 35.1. The lowest BCUT2D eigenvalue weighted by molar-refractivity contribution is -0.0503. The van der Waals surface area contributed by atoms with E-state index in [0.717, 1.165) is 50.2 Å². The number of halogens is 1. The molecule has 140 valence electrons. The van der Waals surface area contributed by atoms with Gasteiger partial charge in [-0.05, 0) is 74.5 Å². The van der Waals surface area contributed by atoms with Gasteiger partial charge in [0, 0.05) is 19.6 Å². The number of anilines is 1. The lowest BCUT2D eigenvalue weighted by Crippen LogP contribution is -2.51. The molecular formula is C20H27ClN4O. The average molecular weight is 375 g/mol. The Hall–Kier alpha value is -1.36. The maximum Gasteiger partial charge on any atom is 0.271 e. The third-order valence-electron chi connectivity index (χ3n) is 7.12. The molecule has 4 bridgehead atoms. The van der Waals surface area contributed by atoms with Gasteiger partial charge >= 0.3 is 0 Å². The standard InChI is InChI=1S/C20H27ClN4O/c21-16-11-22-19(25-3-1-2-4-25)24-17(16)18(26)23-12-20-8-13-5-14(9-20)7-15(6-13)10-20/h11,13-15H,1-10,12H2,(H,23,26). The zero-order valence-corrected chi connectivity index (χ0v) is 16.0. The largest absolute Gasteiger partial charge is 0.350 e.